The van der Waals surface area contributed by atoms with Crippen LogP contribution >= 0.6 is 34.5 Å². The number of hydrogen-bond donors (Lipinski definition) is 1. The van der Waals surface area contributed by atoms with Crippen molar-refractivity contribution in [3.63, 3.8) is 0 Å². The minimum Gasteiger partial charge on any atom is -0.477 e. The summed E-state index contributed by atoms with van der Waals surface area (Å²) in [5, 5.41) is 9.75. The molecule has 154 valence electrons. The molecule has 0 amide bonds. The third-order valence-corrected chi connectivity index (χ3v) is 5.01. The lowest BCUT2D eigenvalue weighted by Crippen LogP contribution is -2.11. The summed E-state index contributed by atoms with van der Waals surface area (Å²) < 4.78 is 41.4. The zero-order valence-electron chi connectivity index (χ0n) is 14.6. The van der Waals surface area contributed by atoms with Crippen LogP contribution in [0.25, 0.3) is 0 Å². The van der Waals surface area contributed by atoms with E-state index in [9.17, 15) is 18.0 Å². The van der Waals surface area contributed by atoms with Crippen LogP contribution in [0.15, 0.2) is 54.0 Å². The number of ether oxygens (including phenoxy) is 1. The Labute approximate surface area is 178 Å². The van der Waals surface area contributed by atoms with Crippen LogP contribution in [0.1, 0.15) is 26.5 Å². The number of aromatic nitrogens is 1. The fourth-order valence-corrected chi connectivity index (χ4v) is 3.13. The van der Waals surface area contributed by atoms with Crippen LogP contribution < -0.4 is 0 Å². The van der Waals surface area contributed by atoms with E-state index in [0.29, 0.717) is 24.6 Å². The van der Waals surface area contributed by atoms with Crippen LogP contribution in [0.2, 0.25) is 10.0 Å². The van der Waals surface area contributed by atoms with Crippen LogP contribution in [0.5, 0.6) is 0 Å². The fraction of sp³-hybridized carbons (Fsp3) is 0.158. The van der Waals surface area contributed by atoms with Gasteiger partial charge in [0.05, 0.1) is 18.7 Å². The Hall–Kier alpha value is -2.13. The molecule has 0 aliphatic heterocycles. The topological polar surface area (TPSA) is 59.4 Å². The normalized spacial score (nSPS) is 10.9. The Morgan fingerprint density at radius 1 is 1.00 bits per heavy atom. The highest BCUT2D eigenvalue weighted by Crippen LogP contribution is 2.32. The molecule has 0 aliphatic carbocycles. The van der Waals surface area contributed by atoms with Crippen molar-refractivity contribution in [1.82, 2.24) is 4.98 Å². The molecule has 0 radical (unpaired) electrons. The molecule has 3 rings (SSSR count). The lowest BCUT2D eigenvalue weighted by molar-refractivity contribution is -0.141. The molecule has 1 aromatic heterocycles. The number of benzene rings is 2. The highest BCUT2D eigenvalue weighted by atomic mass is 35.5. The van der Waals surface area contributed by atoms with Crippen molar-refractivity contribution in [2.24, 2.45) is 0 Å². The van der Waals surface area contributed by atoms with E-state index in [1.807, 2.05) is 48.5 Å². The van der Waals surface area contributed by atoms with Crippen molar-refractivity contribution in [2.45, 2.75) is 19.4 Å². The number of carboxylic acid groups (broad SMARTS) is 1. The molecule has 3 aromatic rings. The zero-order valence-corrected chi connectivity index (χ0v) is 16.9. The number of thiazole rings is 1. The average Bonchev–Trinajstić information content (AvgIpc) is 3.16. The first kappa shape index (κ1) is 23.2. The van der Waals surface area contributed by atoms with Gasteiger partial charge in [0, 0.05) is 10.0 Å². The van der Waals surface area contributed by atoms with Crippen LogP contribution in [0, 0.1) is 0 Å². The van der Waals surface area contributed by atoms with Crippen molar-refractivity contribution in [2.75, 3.05) is 0 Å². The van der Waals surface area contributed by atoms with Gasteiger partial charge in [-0.05, 0) is 23.3 Å². The number of halogens is 5. The van der Waals surface area contributed by atoms with Crippen molar-refractivity contribution in [1.29, 1.82) is 0 Å². The first-order chi connectivity index (χ1) is 13.7. The molecule has 0 saturated carbocycles. The van der Waals surface area contributed by atoms with E-state index >= 15 is 0 Å². The molecular formula is C19H14Cl2F3NO3S. The van der Waals surface area contributed by atoms with Crippen molar-refractivity contribution in [3.8, 4) is 0 Å². The van der Waals surface area contributed by atoms with Gasteiger partial charge in [0.25, 0.3) is 0 Å². The van der Waals surface area contributed by atoms with Crippen LogP contribution in [-0.4, -0.2) is 16.1 Å². The molecular weight excluding hydrogens is 450 g/mol. The predicted octanol–water partition coefficient (Wildman–Crippen LogP) is 6.57. The van der Waals surface area contributed by atoms with E-state index in [4.69, 9.17) is 33.0 Å². The zero-order chi connectivity index (χ0) is 21.4. The van der Waals surface area contributed by atoms with Gasteiger partial charge >= 0.3 is 12.1 Å². The minimum atomic E-state index is -4.69. The number of carboxylic acids is 1. The van der Waals surface area contributed by atoms with Gasteiger partial charge in [-0.3, -0.25) is 0 Å². The van der Waals surface area contributed by atoms with Crippen LogP contribution in [-0.2, 0) is 24.1 Å². The summed E-state index contributed by atoms with van der Waals surface area (Å²) in [6, 6.07) is 15.3. The predicted molar refractivity (Wildman–Crippen MR) is 105 cm³/mol. The summed E-state index contributed by atoms with van der Waals surface area (Å²) in [4.78, 5) is 12.3. The van der Waals surface area contributed by atoms with E-state index in [-0.39, 0.29) is 0 Å². The summed E-state index contributed by atoms with van der Waals surface area (Å²) in [7, 11) is 0. The van der Waals surface area contributed by atoms with E-state index < -0.39 is 22.7 Å². The first-order valence-corrected chi connectivity index (χ1v) is 9.62. The number of hydrogen-bond acceptors (Lipinski definition) is 4. The summed E-state index contributed by atoms with van der Waals surface area (Å²) in [6.07, 6.45) is -4.69. The van der Waals surface area contributed by atoms with E-state index in [0.717, 1.165) is 26.7 Å². The Balaban J connectivity index is 0.000000221. The number of carbonyl (C=O) groups is 1. The lowest BCUT2D eigenvalue weighted by Gasteiger charge is -2.07. The molecule has 0 bridgehead atoms. The second-order valence-corrected chi connectivity index (χ2v) is 7.18. The molecule has 1 heterocycles. The smallest absolute Gasteiger partial charge is 0.435 e. The minimum absolute atomic E-state index is 0.454. The molecule has 1 N–H and O–H groups in total. The summed E-state index contributed by atoms with van der Waals surface area (Å²) >= 11 is 12.5. The number of nitrogens with zero attached hydrogens (tertiary/aromatic N) is 1. The van der Waals surface area contributed by atoms with Crippen molar-refractivity contribution < 1.29 is 27.8 Å². The van der Waals surface area contributed by atoms with Gasteiger partial charge in [0.2, 0.25) is 0 Å². The van der Waals surface area contributed by atoms with Gasteiger partial charge in [-0.2, -0.15) is 13.2 Å². The summed E-state index contributed by atoms with van der Waals surface area (Å²) in [5.74, 6) is -1.61. The Bertz CT molecular complexity index is 918. The maximum Gasteiger partial charge on any atom is 0.435 e. The summed E-state index contributed by atoms with van der Waals surface area (Å²) in [5.41, 5.74) is 1.49. The number of aromatic carboxylic acids is 1. The molecule has 10 heteroatoms. The summed E-state index contributed by atoms with van der Waals surface area (Å²) in [6.45, 7) is 0.982. The van der Waals surface area contributed by atoms with Gasteiger partial charge in [0.15, 0.2) is 5.69 Å². The largest absolute Gasteiger partial charge is 0.477 e. The Morgan fingerprint density at radius 2 is 1.48 bits per heavy atom. The molecule has 29 heavy (non-hydrogen) atoms. The highest BCUT2D eigenvalue weighted by Gasteiger charge is 2.38. The number of rotatable bonds is 5. The Kier molecular flexibility index (Phi) is 8.45. The first-order valence-electron chi connectivity index (χ1n) is 7.98. The second-order valence-electron chi connectivity index (χ2n) is 5.51. The molecule has 4 nitrogen and oxygen atoms in total. The average molecular weight is 464 g/mol. The van der Waals surface area contributed by atoms with Gasteiger partial charge in [-0.1, -0.05) is 59.6 Å². The highest BCUT2D eigenvalue weighted by molar-refractivity contribution is 7.11. The lowest BCUT2D eigenvalue weighted by atomic mass is 10.2. The monoisotopic (exact) mass is 463 g/mol. The standard InChI is InChI=1S/C14H12Cl2O.C5H2F3NO2S/c15-13-7-3-1-5-11(13)9-17-10-12-6-2-4-8-14(12)16;6-5(7,8)3-2(4(10)11)12-1-9-3/h1-8H,9-10H2;1H,(H,10,11). The van der Waals surface area contributed by atoms with Crippen LogP contribution in [0.4, 0.5) is 13.2 Å². The maximum absolute atomic E-state index is 11.9. The SMILES string of the molecule is Clc1ccccc1COCc1ccccc1Cl.O=C(O)c1scnc1C(F)(F)F. The Morgan fingerprint density at radius 3 is 1.86 bits per heavy atom. The molecule has 0 atom stereocenters. The third-order valence-electron chi connectivity index (χ3n) is 3.46. The van der Waals surface area contributed by atoms with Gasteiger partial charge in [-0.15, -0.1) is 11.3 Å². The molecule has 0 fully saturated rings. The molecule has 0 spiro atoms. The van der Waals surface area contributed by atoms with Crippen LogP contribution in [0.3, 0.4) is 0 Å². The maximum atomic E-state index is 11.9. The fourth-order valence-electron chi connectivity index (χ4n) is 2.10. The van der Waals surface area contributed by atoms with Crippen molar-refractivity contribution >= 4 is 40.5 Å². The van der Waals surface area contributed by atoms with Gasteiger partial charge < -0.3 is 9.84 Å². The second kappa shape index (κ2) is 10.6. The molecule has 0 aliphatic rings. The molecule has 0 unspecified atom stereocenters. The van der Waals surface area contributed by atoms with Gasteiger partial charge in [-0.25, -0.2) is 9.78 Å². The quantitative estimate of drug-likeness (QED) is 0.464. The number of alkyl halides is 3. The van der Waals surface area contributed by atoms with E-state index in [2.05, 4.69) is 4.98 Å². The van der Waals surface area contributed by atoms with Crippen molar-refractivity contribution in [3.05, 3.63) is 85.8 Å². The third kappa shape index (κ3) is 7.01. The van der Waals surface area contributed by atoms with E-state index in [1.54, 1.807) is 0 Å². The molecule has 0 saturated heterocycles. The van der Waals surface area contributed by atoms with Gasteiger partial charge in [0.1, 0.15) is 4.88 Å². The van der Waals surface area contributed by atoms with E-state index in [1.165, 1.54) is 0 Å². The molecule has 2 aromatic carbocycles.